The molecule has 0 radical (unpaired) electrons. The number of unbranched alkanes of at least 4 members (excludes halogenated alkanes) is 2. The van der Waals surface area contributed by atoms with Crippen molar-refractivity contribution >= 4 is 5.97 Å². The van der Waals surface area contributed by atoms with E-state index in [2.05, 4.69) is 34.6 Å². The molecule has 0 saturated heterocycles. The second kappa shape index (κ2) is 6.76. The lowest BCUT2D eigenvalue weighted by Crippen LogP contribution is -2.44. The smallest absolute Gasteiger partial charge is 0.312 e. The summed E-state index contributed by atoms with van der Waals surface area (Å²) in [6.07, 6.45) is 5.26. The standard InChI is InChI=1S/C17H34O2/c1-9-11-12-13-16(6,7)19-14(18)17(8,10-2)15(3,4)5/h9-13H2,1-8H3. The summed E-state index contributed by atoms with van der Waals surface area (Å²) in [6.45, 7) is 16.7. The summed E-state index contributed by atoms with van der Waals surface area (Å²) < 4.78 is 5.83. The first kappa shape index (κ1) is 18.5. The third-order valence-electron chi connectivity index (χ3n) is 4.56. The summed E-state index contributed by atoms with van der Waals surface area (Å²) in [5.74, 6) is -0.0519. The second-order valence-corrected chi connectivity index (χ2v) is 7.54. The number of ether oxygens (including phenoxy) is 1. The first-order chi connectivity index (χ1) is 8.50. The molecule has 0 aromatic carbocycles. The van der Waals surface area contributed by atoms with Crippen LogP contribution in [0.15, 0.2) is 0 Å². The number of esters is 1. The first-order valence-electron chi connectivity index (χ1n) is 7.73. The predicted molar refractivity (Wildman–Crippen MR) is 82.2 cm³/mol. The summed E-state index contributed by atoms with van der Waals surface area (Å²) in [5, 5.41) is 0. The Balaban J connectivity index is 4.74. The van der Waals surface area contributed by atoms with Gasteiger partial charge in [0.1, 0.15) is 5.60 Å². The van der Waals surface area contributed by atoms with Crippen molar-refractivity contribution in [1.82, 2.24) is 0 Å². The molecular formula is C17H34O2. The molecule has 0 bridgehead atoms. The van der Waals surface area contributed by atoms with Gasteiger partial charge in [0.15, 0.2) is 0 Å². The Morgan fingerprint density at radius 1 is 0.947 bits per heavy atom. The SMILES string of the molecule is CCCCCC(C)(C)OC(=O)C(C)(CC)C(C)(C)C. The maximum Gasteiger partial charge on any atom is 0.312 e. The van der Waals surface area contributed by atoms with Crippen LogP contribution < -0.4 is 0 Å². The van der Waals surface area contributed by atoms with E-state index in [4.69, 9.17) is 4.74 Å². The van der Waals surface area contributed by atoms with Crippen LogP contribution in [0.25, 0.3) is 0 Å². The van der Waals surface area contributed by atoms with Gasteiger partial charge in [-0.3, -0.25) is 4.79 Å². The molecule has 0 amide bonds. The highest BCUT2D eigenvalue weighted by Crippen LogP contribution is 2.43. The average Bonchev–Trinajstić information content (AvgIpc) is 2.25. The van der Waals surface area contributed by atoms with E-state index in [0.29, 0.717) is 0 Å². The molecule has 0 aliphatic carbocycles. The van der Waals surface area contributed by atoms with E-state index in [0.717, 1.165) is 19.3 Å². The predicted octanol–water partition coefficient (Wildman–Crippen LogP) is 5.35. The third kappa shape index (κ3) is 5.16. The van der Waals surface area contributed by atoms with E-state index in [1.807, 2.05) is 20.8 Å². The summed E-state index contributed by atoms with van der Waals surface area (Å²) in [6, 6.07) is 0. The van der Waals surface area contributed by atoms with Gasteiger partial charge >= 0.3 is 5.97 Å². The van der Waals surface area contributed by atoms with Crippen LogP contribution in [-0.2, 0) is 9.53 Å². The summed E-state index contributed by atoms with van der Waals surface area (Å²) in [5.41, 5.74) is -0.860. The van der Waals surface area contributed by atoms with Gasteiger partial charge in [0.05, 0.1) is 5.41 Å². The third-order valence-corrected chi connectivity index (χ3v) is 4.56. The molecule has 0 aliphatic rings. The molecule has 2 nitrogen and oxygen atoms in total. The first-order valence-corrected chi connectivity index (χ1v) is 7.73. The highest BCUT2D eigenvalue weighted by atomic mass is 16.6. The van der Waals surface area contributed by atoms with E-state index in [9.17, 15) is 4.79 Å². The molecule has 114 valence electrons. The van der Waals surface area contributed by atoms with Gasteiger partial charge in [-0.15, -0.1) is 0 Å². The Hall–Kier alpha value is -0.530. The summed E-state index contributed by atoms with van der Waals surface area (Å²) in [7, 11) is 0. The van der Waals surface area contributed by atoms with Crippen molar-refractivity contribution in [3.63, 3.8) is 0 Å². The van der Waals surface area contributed by atoms with Crippen molar-refractivity contribution in [2.75, 3.05) is 0 Å². The minimum atomic E-state index is -0.422. The van der Waals surface area contributed by atoms with Gasteiger partial charge in [0.2, 0.25) is 0 Å². The zero-order valence-electron chi connectivity index (χ0n) is 14.4. The van der Waals surface area contributed by atoms with Gasteiger partial charge in [-0.25, -0.2) is 0 Å². The Kier molecular flexibility index (Phi) is 6.57. The molecule has 1 atom stereocenters. The number of rotatable bonds is 7. The van der Waals surface area contributed by atoms with Crippen molar-refractivity contribution in [2.45, 2.75) is 93.1 Å². The zero-order chi connectivity index (χ0) is 15.3. The van der Waals surface area contributed by atoms with Crippen molar-refractivity contribution in [2.24, 2.45) is 10.8 Å². The van der Waals surface area contributed by atoms with E-state index < -0.39 is 5.41 Å². The van der Waals surface area contributed by atoms with Gasteiger partial charge < -0.3 is 4.74 Å². The Bertz CT molecular complexity index is 286. The van der Waals surface area contributed by atoms with Gasteiger partial charge in [-0.2, -0.15) is 0 Å². The number of hydrogen-bond acceptors (Lipinski definition) is 2. The van der Waals surface area contributed by atoms with Gasteiger partial charge in [-0.1, -0.05) is 47.5 Å². The number of carbonyl (C=O) groups is 1. The fourth-order valence-corrected chi connectivity index (χ4v) is 2.20. The molecule has 0 fully saturated rings. The minimum Gasteiger partial charge on any atom is -0.459 e. The fourth-order valence-electron chi connectivity index (χ4n) is 2.20. The molecule has 0 aromatic rings. The molecule has 0 N–H and O–H groups in total. The van der Waals surface area contributed by atoms with Crippen LogP contribution in [0.5, 0.6) is 0 Å². The summed E-state index contributed by atoms with van der Waals surface area (Å²) in [4.78, 5) is 12.6. The molecule has 19 heavy (non-hydrogen) atoms. The van der Waals surface area contributed by atoms with Crippen molar-refractivity contribution in [3.8, 4) is 0 Å². The molecular weight excluding hydrogens is 236 g/mol. The average molecular weight is 270 g/mol. The van der Waals surface area contributed by atoms with Crippen LogP contribution >= 0.6 is 0 Å². The van der Waals surface area contributed by atoms with Crippen molar-refractivity contribution < 1.29 is 9.53 Å². The highest BCUT2D eigenvalue weighted by molar-refractivity contribution is 5.77. The van der Waals surface area contributed by atoms with Gasteiger partial charge in [-0.05, 0) is 45.4 Å². The molecule has 0 rings (SSSR count). The van der Waals surface area contributed by atoms with Crippen molar-refractivity contribution in [3.05, 3.63) is 0 Å². The van der Waals surface area contributed by atoms with Crippen molar-refractivity contribution in [1.29, 1.82) is 0 Å². The Labute approximate surface area is 120 Å². The molecule has 0 aliphatic heterocycles. The Morgan fingerprint density at radius 3 is 1.84 bits per heavy atom. The van der Waals surface area contributed by atoms with E-state index >= 15 is 0 Å². The van der Waals surface area contributed by atoms with Crippen LogP contribution in [0.1, 0.15) is 87.5 Å². The van der Waals surface area contributed by atoms with Gasteiger partial charge in [0.25, 0.3) is 0 Å². The number of hydrogen-bond donors (Lipinski definition) is 0. The van der Waals surface area contributed by atoms with Crippen LogP contribution in [0.2, 0.25) is 0 Å². The fraction of sp³-hybridized carbons (Fsp3) is 0.941. The van der Waals surface area contributed by atoms with E-state index in [1.54, 1.807) is 0 Å². The lowest BCUT2D eigenvalue weighted by Gasteiger charge is -2.41. The zero-order valence-corrected chi connectivity index (χ0v) is 14.4. The maximum absolute atomic E-state index is 12.6. The molecule has 0 heterocycles. The van der Waals surface area contributed by atoms with E-state index in [1.165, 1.54) is 12.8 Å². The van der Waals surface area contributed by atoms with Gasteiger partial charge in [0, 0.05) is 0 Å². The highest BCUT2D eigenvalue weighted by Gasteiger charge is 2.45. The van der Waals surface area contributed by atoms with Crippen LogP contribution in [0.4, 0.5) is 0 Å². The normalized spacial score (nSPS) is 16.0. The Morgan fingerprint density at radius 2 is 1.47 bits per heavy atom. The topological polar surface area (TPSA) is 26.3 Å². The second-order valence-electron chi connectivity index (χ2n) is 7.54. The largest absolute Gasteiger partial charge is 0.459 e. The summed E-state index contributed by atoms with van der Waals surface area (Å²) >= 11 is 0. The van der Waals surface area contributed by atoms with Crippen LogP contribution in [0.3, 0.4) is 0 Å². The quantitative estimate of drug-likeness (QED) is 0.460. The molecule has 0 saturated carbocycles. The molecule has 1 unspecified atom stereocenters. The van der Waals surface area contributed by atoms with E-state index in [-0.39, 0.29) is 17.0 Å². The molecule has 2 heteroatoms. The monoisotopic (exact) mass is 270 g/mol. The number of carbonyl (C=O) groups excluding carboxylic acids is 1. The molecule has 0 spiro atoms. The maximum atomic E-state index is 12.6. The lowest BCUT2D eigenvalue weighted by molar-refractivity contribution is -0.176. The van der Waals surface area contributed by atoms with Crippen LogP contribution in [-0.4, -0.2) is 11.6 Å². The molecule has 0 aromatic heterocycles. The van der Waals surface area contributed by atoms with Crippen LogP contribution in [0, 0.1) is 10.8 Å². The lowest BCUT2D eigenvalue weighted by atomic mass is 9.66. The minimum absolute atomic E-state index is 0.0519.